The van der Waals surface area contributed by atoms with E-state index in [2.05, 4.69) is 27.0 Å². The molecule has 1 N–H and O–H groups in total. The number of nitrogens with zero attached hydrogens (tertiary/aromatic N) is 4. The highest BCUT2D eigenvalue weighted by atomic mass is 32.1. The number of hydrogen-bond donors (Lipinski definition) is 1. The van der Waals surface area contributed by atoms with Gasteiger partial charge in [-0.3, -0.25) is 14.6 Å². The fourth-order valence-electron chi connectivity index (χ4n) is 3.24. The number of amides is 3. The van der Waals surface area contributed by atoms with Gasteiger partial charge in [0, 0.05) is 43.8 Å². The second kappa shape index (κ2) is 7.29. The Bertz CT molecular complexity index is 637. The number of carbonyl (C=O) groups is 2. The van der Waals surface area contributed by atoms with Gasteiger partial charge in [-0.1, -0.05) is 6.92 Å². The van der Waals surface area contributed by atoms with E-state index < -0.39 is 5.54 Å². The SMILES string of the molecule is CCc1cnc(N2CCN(CCCN3C(=O)NC(C)(C)C3=O)CC2)s1. The zero-order valence-corrected chi connectivity index (χ0v) is 16.1. The van der Waals surface area contributed by atoms with Crippen molar-refractivity contribution in [1.82, 2.24) is 20.1 Å². The molecule has 8 heteroatoms. The molecule has 3 heterocycles. The normalized spacial score (nSPS) is 21.1. The van der Waals surface area contributed by atoms with E-state index in [1.165, 1.54) is 9.78 Å². The van der Waals surface area contributed by atoms with E-state index in [1.54, 1.807) is 25.2 Å². The second-order valence-corrected chi connectivity index (χ2v) is 8.25. The van der Waals surface area contributed by atoms with Crippen LogP contribution in [0.25, 0.3) is 0 Å². The fraction of sp³-hybridized carbons (Fsp3) is 0.706. The number of aryl methyl sites for hydroxylation is 1. The van der Waals surface area contributed by atoms with E-state index in [4.69, 9.17) is 0 Å². The van der Waals surface area contributed by atoms with Crippen molar-refractivity contribution >= 4 is 28.4 Å². The summed E-state index contributed by atoms with van der Waals surface area (Å²) < 4.78 is 0. The van der Waals surface area contributed by atoms with E-state index in [1.807, 2.05) is 6.20 Å². The maximum absolute atomic E-state index is 12.2. The minimum absolute atomic E-state index is 0.127. The van der Waals surface area contributed by atoms with Crippen LogP contribution >= 0.6 is 11.3 Å². The quantitative estimate of drug-likeness (QED) is 0.775. The van der Waals surface area contributed by atoms with Crippen LogP contribution in [0.2, 0.25) is 0 Å². The number of imide groups is 1. The van der Waals surface area contributed by atoms with Crippen LogP contribution in [0.4, 0.5) is 9.93 Å². The molecule has 1 aromatic rings. The van der Waals surface area contributed by atoms with E-state index in [0.717, 1.165) is 50.7 Å². The summed E-state index contributed by atoms with van der Waals surface area (Å²) in [4.78, 5) is 36.0. The zero-order valence-electron chi connectivity index (χ0n) is 15.2. The van der Waals surface area contributed by atoms with Crippen molar-refractivity contribution in [2.24, 2.45) is 0 Å². The first-order valence-corrected chi connectivity index (χ1v) is 9.78. The highest BCUT2D eigenvalue weighted by Crippen LogP contribution is 2.24. The van der Waals surface area contributed by atoms with Gasteiger partial charge in [0.15, 0.2) is 5.13 Å². The minimum Gasteiger partial charge on any atom is -0.346 e. The maximum Gasteiger partial charge on any atom is 0.325 e. The third-order valence-electron chi connectivity index (χ3n) is 4.83. The Morgan fingerprint density at radius 3 is 2.48 bits per heavy atom. The predicted molar refractivity (Wildman–Crippen MR) is 99.1 cm³/mol. The van der Waals surface area contributed by atoms with E-state index in [-0.39, 0.29) is 11.9 Å². The fourth-order valence-corrected chi connectivity index (χ4v) is 4.14. The molecule has 0 aromatic carbocycles. The molecule has 2 fully saturated rings. The number of thiazole rings is 1. The second-order valence-electron chi connectivity index (χ2n) is 7.16. The van der Waals surface area contributed by atoms with E-state index in [0.29, 0.717) is 6.54 Å². The molecule has 25 heavy (non-hydrogen) atoms. The number of anilines is 1. The van der Waals surface area contributed by atoms with Crippen molar-refractivity contribution in [2.75, 3.05) is 44.2 Å². The smallest absolute Gasteiger partial charge is 0.325 e. The number of hydrogen-bond acceptors (Lipinski definition) is 6. The lowest BCUT2D eigenvalue weighted by atomic mass is 10.1. The molecule has 0 radical (unpaired) electrons. The van der Waals surface area contributed by atoms with E-state index >= 15 is 0 Å². The van der Waals surface area contributed by atoms with Crippen LogP contribution < -0.4 is 10.2 Å². The van der Waals surface area contributed by atoms with Crippen LogP contribution in [0.15, 0.2) is 6.20 Å². The Balaban J connectivity index is 1.41. The van der Waals surface area contributed by atoms with Crippen LogP contribution in [-0.4, -0.2) is 71.5 Å². The minimum atomic E-state index is -0.770. The number of aromatic nitrogens is 1. The number of carbonyl (C=O) groups excluding carboxylic acids is 2. The van der Waals surface area contributed by atoms with Gasteiger partial charge in [0.1, 0.15) is 5.54 Å². The van der Waals surface area contributed by atoms with Gasteiger partial charge >= 0.3 is 6.03 Å². The highest BCUT2D eigenvalue weighted by Gasteiger charge is 2.43. The number of piperazine rings is 1. The Morgan fingerprint density at radius 2 is 1.92 bits per heavy atom. The zero-order chi connectivity index (χ0) is 18.0. The molecular formula is C17H27N5O2S. The molecule has 2 aliphatic heterocycles. The third-order valence-corrected chi connectivity index (χ3v) is 6.04. The average molecular weight is 366 g/mol. The van der Waals surface area contributed by atoms with Gasteiger partial charge in [0.25, 0.3) is 5.91 Å². The summed E-state index contributed by atoms with van der Waals surface area (Å²) in [5.41, 5.74) is -0.770. The summed E-state index contributed by atoms with van der Waals surface area (Å²) in [5, 5.41) is 3.85. The molecule has 3 rings (SSSR count). The predicted octanol–water partition coefficient (Wildman–Crippen LogP) is 1.55. The summed E-state index contributed by atoms with van der Waals surface area (Å²) in [6.07, 6.45) is 3.83. The molecule has 7 nitrogen and oxygen atoms in total. The van der Waals surface area contributed by atoms with Crippen molar-refractivity contribution in [3.63, 3.8) is 0 Å². The maximum atomic E-state index is 12.2. The van der Waals surface area contributed by atoms with Crippen molar-refractivity contribution < 1.29 is 9.59 Å². The lowest BCUT2D eigenvalue weighted by Crippen LogP contribution is -2.47. The molecule has 0 saturated carbocycles. The van der Waals surface area contributed by atoms with Crippen LogP contribution in [-0.2, 0) is 11.2 Å². The molecular weight excluding hydrogens is 338 g/mol. The van der Waals surface area contributed by atoms with Gasteiger partial charge in [-0.05, 0) is 33.2 Å². The Labute approximate surface area is 153 Å². The summed E-state index contributed by atoms with van der Waals surface area (Å²) in [6, 6.07) is -0.268. The first kappa shape index (κ1) is 18.1. The Kier molecular flexibility index (Phi) is 5.29. The van der Waals surface area contributed by atoms with Gasteiger partial charge in [0.2, 0.25) is 0 Å². The molecule has 0 bridgehead atoms. The standard InChI is InChI=1S/C17H27N5O2S/c1-4-13-12-18-16(25-13)21-10-8-20(9-11-21)6-5-7-22-14(23)17(2,3)19-15(22)24/h12H,4-11H2,1-3H3,(H,19,24). The van der Waals surface area contributed by atoms with Gasteiger partial charge < -0.3 is 10.2 Å². The van der Waals surface area contributed by atoms with Crippen LogP contribution in [0.1, 0.15) is 32.1 Å². The number of nitrogens with one attached hydrogen (secondary N) is 1. The van der Waals surface area contributed by atoms with Crippen molar-refractivity contribution in [1.29, 1.82) is 0 Å². The average Bonchev–Trinajstić information content (AvgIpc) is 3.13. The van der Waals surface area contributed by atoms with Crippen LogP contribution in [0.3, 0.4) is 0 Å². The molecule has 1 aromatic heterocycles. The third kappa shape index (κ3) is 3.95. The first-order chi connectivity index (χ1) is 11.9. The Morgan fingerprint density at radius 1 is 1.20 bits per heavy atom. The molecule has 3 amide bonds. The van der Waals surface area contributed by atoms with Gasteiger partial charge in [-0.2, -0.15) is 0 Å². The molecule has 0 atom stereocenters. The lowest BCUT2D eigenvalue weighted by Gasteiger charge is -2.34. The lowest BCUT2D eigenvalue weighted by molar-refractivity contribution is -0.130. The Hall–Kier alpha value is -1.67. The van der Waals surface area contributed by atoms with Crippen molar-refractivity contribution in [3.05, 3.63) is 11.1 Å². The van der Waals surface area contributed by atoms with Crippen molar-refractivity contribution in [2.45, 2.75) is 39.2 Å². The van der Waals surface area contributed by atoms with Crippen LogP contribution in [0, 0.1) is 0 Å². The summed E-state index contributed by atoms with van der Waals surface area (Å²) >= 11 is 1.78. The van der Waals surface area contributed by atoms with E-state index in [9.17, 15) is 9.59 Å². The largest absolute Gasteiger partial charge is 0.346 e. The summed E-state index contributed by atoms with van der Waals surface area (Å²) in [5.74, 6) is -0.127. The molecule has 0 aliphatic carbocycles. The summed E-state index contributed by atoms with van der Waals surface area (Å²) in [7, 11) is 0. The summed E-state index contributed by atoms with van der Waals surface area (Å²) in [6.45, 7) is 11.0. The monoisotopic (exact) mass is 365 g/mol. The topological polar surface area (TPSA) is 68.8 Å². The van der Waals surface area contributed by atoms with Gasteiger partial charge in [-0.15, -0.1) is 11.3 Å². The first-order valence-electron chi connectivity index (χ1n) is 8.97. The van der Waals surface area contributed by atoms with Crippen LogP contribution in [0.5, 0.6) is 0 Å². The molecule has 138 valence electrons. The molecule has 0 spiro atoms. The number of rotatable bonds is 6. The molecule has 2 saturated heterocycles. The van der Waals surface area contributed by atoms with Gasteiger partial charge in [0.05, 0.1) is 0 Å². The highest BCUT2D eigenvalue weighted by molar-refractivity contribution is 7.15. The molecule has 0 unspecified atom stereocenters. The molecule has 2 aliphatic rings. The van der Waals surface area contributed by atoms with Crippen molar-refractivity contribution in [3.8, 4) is 0 Å². The van der Waals surface area contributed by atoms with Gasteiger partial charge in [-0.25, -0.2) is 9.78 Å². The number of urea groups is 1.